The van der Waals surface area contributed by atoms with Gasteiger partial charge in [-0.05, 0) is 20.3 Å². The lowest BCUT2D eigenvalue weighted by molar-refractivity contribution is -0.125. The second kappa shape index (κ2) is 6.09. The first-order valence-corrected chi connectivity index (χ1v) is 5.69. The Morgan fingerprint density at radius 2 is 2.11 bits per heavy atom. The maximum atomic E-state index is 11.5. The van der Waals surface area contributed by atoms with Crippen LogP contribution in [0.2, 0.25) is 0 Å². The Morgan fingerprint density at radius 1 is 1.39 bits per heavy atom. The van der Waals surface area contributed by atoms with E-state index in [1.165, 1.54) is 18.6 Å². The van der Waals surface area contributed by atoms with Crippen LogP contribution in [0.25, 0.3) is 0 Å². The predicted octanol–water partition coefficient (Wildman–Crippen LogP) is 0.938. The molecule has 0 bridgehead atoms. The number of nitrogens with zero attached hydrogens (tertiary/aromatic N) is 2. The van der Waals surface area contributed by atoms with E-state index in [0.717, 1.165) is 6.42 Å². The molecule has 0 aliphatic carbocycles. The number of nitrogens with one attached hydrogen (secondary N) is 1. The summed E-state index contributed by atoms with van der Waals surface area (Å²) < 4.78 is 4.83. The van der Waals surface area contributed by atoms with E-state index < -0.39 is 5.97 Å². The lowest BCUT2D eigenvalue weighted by atomic mass is 10.0. The number of aromatic nitrogens is 2. The van der Waals surface area contributed by atoms with Gasteiger partial charge in [0.25, 0.3) is 5.91 Å². The molecule has 0 spiro atoms. The van der Waals surface area contributed by atoms with Gasteiger partial charge >= 0.3 is 5.97 Å². The van der Waals surface area contributed by atoms with Crippen molar-refractivity contribution in [3.8, 4) is 0 Å². The molecule has 0 aromatic carbocycles. The fourth-order valence-corrected chi connectivity index (χ4v) is 1.11. The molecule has 0 atom stereocenters. The van der Waals surface area contributed by atoms with Crippen molar-refractivity contribution in [1.82, 2.24) is 15.3 Å². The Balaban J connectivity index is 2.42. The molecule has 1 amide bonds. The molecular formula is C12H17N3O3. The predicted molar refractivity (Wildman–Crippen MR) is 64.8 cm³/mol. The minimum Gasteiger partial charge on any atom is -0.451 e. The molecular weight excluding hydrogens is 234 g/mol. The van der Waals surface area contributed by atoms with E-state index in [0.29, 0.717) is 0 Å². The highest BCUT2D eigenvalue weighted by atomic mass is 16.5. The zero-order valence-corrected chi connectivity index (χ0v) is 10.8. The van der Waals surface area contributed by atoms with Gasteiger partial charge in [-0.3, -0.25) is 9.78 Å². The van der Waals surface area contributed by atoms with Gasteiger partial charge in [0.15, 0.2) is 12.3 Å². The highest BCUT2D eigenvalue weighted by Gasteiger charge is 2.19. The average Bonchev–Trinajstić information content (AvgIpc) is 2.36. The number of amides is 1. The molecule has 0 saturated heterocycles. The molecule has 1 aromatic rings. The quantitative estimate of drug-likeness (QED) is 0.787. The highest BCUT2D eigenvalue weighted by Crippen LogP contribution is 2.06. The maximum absolute atomic E-state index is 11.5. The third kappa shape index (κ3) is 4.48. The van der Waals surface area contributed by atoms with Crippen molar-refractivity contribution >= 4 is 11.9 Å². The van der Waals surface area contributed by atoms with Gasteiger partial charge in [0, 0.05) is 17.9 Å². The van der Waals surface area contributed by atoms with Crippen LogP contribution in [0, 0.1) is 0 Å². The molecule has 0 unspecified atom stereocenters. The zero-order valence-electron chi connectivity index (χ0n) is 10.8. The topological polar surface area (TPSA) is 81.2 Å². The molecule has 0 fully saturated rings. The third-order valence-corrected chi connectivity index (χ3v) is 2.47. The molecule has 0 aliphatic heterocycles. The van der Waals surface area contributed by atoms with Gasteiger partial charge in [-0.15, -0.1) is 0 Å². The van der Waals surface area contributed by atoms with Crippen molar-refractivity contribution in [2.45, 2.75) is 32.7 Å². The summed E-state index contributed by atoms with van der Waals surface area (Å²) in [5.74, 6) is -0.994. The lowest BCUT2D eigenvalue weighted by Crippen LogP contribution is -2.44. The molecule has 1 N–H and O–H groups in total. The van der Waals surface area contributed by atoms with E-state index >= 15 is 0 Å². The van der Waals surface area contributed by atoms with Crippen LogP contribution in [0.15, 0.2) is 18.6 Å². The fourth-order valence-electron chi connectivity index (χ4n) is 1.11. The number of rotatable bonds is 5. The molecule has 1 aromatic heterocycles. The second-order valence-corrected chi connectivity index (χ2v) is 4.45. The first kappa shape index (κ1) is 14.1. The zero-order chi connectivity index (χ0) is 13.6. The molecule has 18 heavy (non-hydrogen) atoms. The van der Waals surface area contributed by atoms with Crippen molar-refractivity contribution in [3.05, 3.63) is 24.3 Å². The maximum Gasteiger partial charge on any atom is 0.359 e. The Bertz CT molecular complexity index is 418. The second-order valence-electron chi connectivity index (χ2n) is 4.45. The summed E-state index contributed by atoms with van der Waals surface area (Å²) in [6.45, 7) is 5.44. The molecule has 6 nitrogen and oxygen atoms in total. The average molecular weight is 251 g/mol. The number of carbonyl (C=O) groups excluding carboxylic acids is 2. The van der Waals surface area contributed by atoms with Gasteiger partial charge in [0.05, 0.1) is 6.20 Å². The van der Waals surface area contributed by atoms with Crippen molar-refractivity contribution in [2.24, 2.45) is 0 Å². The molecule has 6 heteroatoms. The molecule has 1 rings (SSSR count). The van der Waals surface area contributed by atoms with Crippen molar-refractivity contribution < 1.29 is 14.3 Å². The largest absolute Gasteiger partial charge is 0.451 e. The normalized spacial score (nSPS) is 10.8. The minimum atomic E-state index is -0.660. The van der Waals surface area contributed by atoms with Gasteiger partial charge in [0.2, 0.25) is 0 Å². The van der Waals surface area contributed by atoms with Crippen molar-refractivity contribution in [1.29, 1.82) is 0 Å². The first-order chi connectivity index (χ1) is 8.44. The van der Waals surface area contributed by atoms with Gasteiger partial charge in [-0.25, -0.2) is 9.78 Å². The smallest absolute Gasteiger partial charge is 0.359 e. The van der Waals surface area contributed by atoms with Gasteiger partial charge in [0.1, 0.15) is 0 Å². The number of hydrogen-bond donors (Lipinski definition) is 1. The van der Waals surface area contributed by atoms with Crippen LogP contribution in [-0.2, 0) is 9.53 Å². The summed E-state index contributed by atoms with van der Waals surface area (Å²) in [5.41, 5.74) is -0.226. The lowest BCUT2D eigenvalue weighted by Gasteiger charge is -2.24. The van der Waals surface area contributed by atoms with E-state index in [9.17, 15) is 9.59 Å². The van der Waals surface area contributed by atoms with Crippen molar-refractivity contribution in [2.75, 3.05) is 6.61 Å². The molecule has 0 radical (unpaired) electrons. The van der Waals surface area contributed by atoms with Crippen LogP contribution in [0.4, 0.5) is 0 Å². The number of esters is 1. The number of carbonyl (C=O) groups is 2. The van der Waals surface area contributed by atoms with E-state index in [-0.39, 0.29) is 23.7 Å². The Morgan fingerprint density at radius 3 is 2.67 bits per heavy atom. The van der Waals surface area contributed by atoms with Gasteiger partial charge in [-0.1, -0.05) is 6.92 Å². The summed E-state index contributed by atoms with van der Waals surface area (Å²) in [7, 11) is 0. The fraction of sp³-hybridized carbons (Fsp3) is 0.500. The summed E-state index contributed by atoms with van der Waals surface area (Å²) in [5, 5.41) is 2.76. The van der Waals surface area contributed by atoms with Crippen molar-refractivity contribution in [3.63, 3.8) is 0 Å². The number of hydrogen-bond acceptors (Lipinski definition) is 5. The Hall–Kier alpha value is -1.98. The minimum absolute atomic E-state index is 0.0834. The molecule has 1 heterocycles. The SMILES string of the molecule is CCC(C)(C)NC(=O)COC(=O)c1cnccn1. The summed E-state index contributed by atoms with van der Waals surface area (Å²) in [6, 6.07) is 0. The molecule has 98 valence electrons. The third-order valence-electron chi connectivity index (χ3n) is 2.47. The standard InChI is InChI=1S/C12H17N3O3/c1-4-12(2,3)15-10(16)8-18-11(17)9-7-13-5-6-14-9/h5-7H,4,8H2,1-3H3,(H,15,16). The van der Waals surface area contributed by atoms with E-state index in [1.807, 2.05) is 20.8 Å². The monoisotopic (exact) mass is 251 g/mol. The highest BCUT2D eigenvalue weighted by molar-refractivity contribution is 5.89. The summed E-state index contributed by atoms with van der Waals surface area (Å²) in [4.78, 5) is 30.5. The van der Waals surface area contributed by atoms with Crippen LogP contribution in [0.5, 0.6) is 0 Å². The van der Waals surface area contributed by atoms with Crippen LogP contribution in [-0.4, -0.2) is 34.0 Å². The Labute approximate surface area is 106 Å². The van der Waals surface area contributed by atoms with Gasteiger partial charge in [-0.2, -0.15) is 0 Å². The van der Waals surface area contributed by atoms with Gasteiger partial charge < -0.3 is 10.1 Å². The van der Waals surface area contributed by atoms with Crippen LogP contribution in [0.3, 0.4) is 0 Å². The van der Waals surface area contributed by atoms with Crippen LogP contribution < -0.4 is 5.32 Å². The summed E-state index contributed by atoms with van der Waals surface area (Å²) >= 11 is 0. The van der Waals surface area contributed by atoms with Crippen LogP contribution >= 0.6 is 0 Å². The Kier molecular flexibility index (Phi) is 4.76. The van der Waals surface area contributed by atoms with Crippen LogP contribution in [0.1, 0.15) is 37.7 Å². The van der Waals surface area contributed by atoms with E-state index in [4.69, 9.17) is 4.74 Å². The molecule has 0 aliphatic rings. The molecule has 0 saturated carbocycles. The summed E-state index contributed by atoms with van der Waals surface area (Å²) in [6.07, 6.45) is 4.91. The first-order valence-electron chi connectivity index (χ1n) is 5.69. The van der Waals surface area contributed by atoms with E-state index in [1.54, 1.807) is 0 Å². The number of ether oxygens (including phenoxy) is 1. The van der Waals surface area contributed by atoms with E-state index in [2.05, 4.69) is 15.3 Å².